The highest BCUT2D eigenvalue weighted by molar-refractivity contribution is 5.97. The van der Waals surface area contributed by atoms with E-state index in [2.05, 4.69) is 11.4 Å². The van der Waals surface area contributed by atoms with E-state index in [-0.39, 0.29) is 11.3 Å². The number of nitrogens with one attached hydrogen (secondary N) is 1. The Morgan fingerprint density at radius 3 is 2.60 bits per heavy atom. The van der Waals surface area contributed by atoms with Gasteiger partial charge in [0.15, 0.2) is 0 Å². The van der Waals surface area contributed by atoms with Gasteiger partial charge in [0.05, 0.1) is 12.5 Å². The van der Waals surface area contributed by atoms with Crippen molar-refractivity contribution in [3.63, 3.8) is 0 Å². The number of nitriles is 1. The number of benzene rings is 1. The molecular formula is C16H21N3O. The van der Waals surface area contributed by atoms with Gasteiger partial charge in [-0.2, -0.15) is 5.26 Å². The van der Waals surface area contributed by atoms with Gasteiger partial charge < -0.3 is 10.2 Å². The Morgan fingerprint density at radius 1 is 1.35 bits per heavy atom. The van der Waals surface area contributed by atoms with Crippen LogP contribution in [0.5, 0.6) is 0 Å². The molecule has 0 radical (unpaired) electrons. The fourth-order valence-corrected chi connectivity index (χ4v) is 2.64. The van der Waals surface area contributed by atoms with Crippen molar-refractivity contribution in [2.75, 3.05) is 24.5 Å². The molecule has 0 aliphatic carbocycles. The fourth-order valence-electron chi connectivity index (χ4n) is 2.64. The molecule has 1 aliphatic rings. The zero-order chi connectivity index (χ0) is 14.4. The van der Waals surface area contributed by atoms with Gasteiger partial charge in [0.1, 0.15) is 0 Å². The van der Waals surface area contributed by atoms with E-state index in [9.17, 15) is 4.79 Å². The van der Waals surface area contributed by atoms with Crippen molar-refractivity contribution in [1.29, 1.82) is 5.26 Å². The van der Waals surface area contributed by atoms with Gasteiger partial charge in [-0.25, -0.2) is 0 Å². The minimum absolute atomic E-state index is 0.139. The normalized spacial score (nSPS) is 17.2. The highest BCUT2D eigenvalue weighted by atomic mass is 16.2. The number of para-hydroxylation sites is 1. The molecule has 4 nitrogen and oxygen atoms in total. The minimum Gasteiger partial charge on any atom is -0.317 e. The minimum atomic E-state index is -0.323. The average molecular weight is 271 g/mol. The predicted molar refractivity (Wildman–Crippen MR) is 79.2 cm³/mol. The summed E-state index contributed by atoms with van der Waals surface area (Å²) in [5, 5.41) is 12.1. The van der Waals surface area contributed by atoms with Crippen LogP contribution >= 0.6 is 0 Å². The van der Waals surface area contributed by atoms with Gasteiger partial charge in [-0.1, -0.05) is 25.1 Å². The van der Waals surface area contributed by atoms with Gasteiger partial charge >= 0.3 is 0 Å². The lowest BCUT2D eigenvalue weighted by Crippen LogP contribution is -2.48. The first-order valence-electron chi connectivity index (χ1n) is 7.12. The molecule has 1 heterocycles. The van der Waals surface area contributed by atoms with Gasteiger partial charge in [0, 0.05) is 17.6 Å². The van der Waals surface area contributed by atoms with Gasteiger partial charge in [0.2, 0.25) is 5.91 Å². The summed E-state index contributed by atoms with van der Waals surface area (Å²) in [6.45, 7) is 4.26. The molecule has 1 N–H and O–H groups in total. The topological polar surface area (TPSA) is 56.1 Å². The molecular weight excluding hydrogens is 250 g/mol. The molecule has 20 heavy (non-hydrogen) atoms. The van der Waals surface area contributed by atoms with E-state index in [0.29, 0.717) is 13.0 Å². The maximum Gasteiger partial charge on any atom is 0.233 e. The number of nitrogens with zero attached hydrogens (tertiary/aromatic N) is 2. The first-order chi connectivity index (χ1) is 9.67. The molecule has 1 aromatic rings. The molecule has 1 saturated heterocycles. The smallest absolute Gasteiger partial charge is 0.233 e. The van der Waals surface area contributed by atoms with Crippen LogP contribution < -0.4 is 10.2 Å². The number of hydrogen-bond acceptors (Lipinski definition) is 3. The molecule has 0 spiro atoms. The lowest BCUT2D eigenvalue weighted by molar-refractivity contribution is -0.128. The van der Waals surface area contributed by atoms with Gasteiger partial charge in [-0.15, -0.1) is 0 Å². The monoisotopic (exact) mass is 271 g/mol. The average Bonchev–Trinajstić information content (AvgIpc) is 2.49. The van der Waals surface area contributed by atoms with Crippen molar-refractivity contribution >= 4 is 11.6 Å². The van der Waals surface area contributed by atoms with Crippen molar-refractivity contribution in [2.24, 2.45) is 5.41 Å². The molecule has 0 unspecified atom stereocenters. The van der Waals surface area contributed by atoms with E-state index in [1.54, 1.807) is 4.90 Å². The molecule has 1 aliphatic heterocycles. The molecule has 0 bridgehead atoms. The van der Waals surface area contributed by atoms with Crippen LogP contribution in [-0.2, 0) is 4.79 Å². The standard InChI is InChI=1S/C16H21N3O/c1-16(8-11-18-12-9-16)15(20)19(13-5-10-17)14-6-3-2-4-7-14/h2-4,6-7,18H,5,8-9,11-13H2,1H3. The summed E-state index contributed by atoms with van der Waals surface area (Å²) in [5.74, 6) is 0.139. The third-order valence-electron chi connectivity index (χ3n) is 3.98. The van der Waals surface area contributed by atoms with E-state index in [1.807, 2.05) is 37.3 Å². The number of piperidine rings is 1. The van der Waals surface area contributed by atoms with Crippen LogP contribution in [0.25, 0.3) is 0 Å². The lowest BCUT2D eigenvalue weighted by Gasteiger charge is -2.37. The molecule has 1 amide bonds. The second-order valence-electron chi connectivity index (χ2n) is 5.51. The summed E-state index contributed by atoms with van der Waals surface area (Å²) >= 11 is 0. The van der Waals surface area contributed by atoms with Crippen LogP contribution in [0.15, 0.2) is 30.3 Å². The number of anilines is 1. The Labute approximate surface area is 120 Å². The van der Waals surface area contributed by atoms with Gasteiger partial charge in [-0.05, 0) is 38.1 Å². The molecule has 0 saturated carbocycles. The summed E-state index contributed by atoms with van der Waals surface area (Å²) in [6.07, 6.45) is 2.05. The largest absolute Gasteiger partial charge is 0.317 e. The number of amides is 1. The Balaban J connectivity index is 2.22. The van der Waals surface area contributed by atoms with Crippen LogP contribution in [0, 0.1) is 16.7 Å². The Bertz CT molecular complexity index is 486. The van der Waals surface area contributed by atoms with E-state index >= 15 is 0 Å². The number of hydrogen-bond donors (Lipinski definition) is 1. The lowest BCUT2D eigenvalue weighted by atomic mass is 9.79. The molecule has 0 aromatic heterocycles. The zero-order valence-corrected chi connectivity index (χ0v) is 11.9. The van der Waals surface area contributed by atoms with Crippen LogP contribution in [0.1, 0.15) is 26.2 Å². The highest BCUT2D eigenvalue weighted by Gasteiger charge is 2.37. The molecule has 106 valence electrons. The highest BCUT2D eigenvalue weighted by Crippen LogP contribution is 2.32. The van der Waals surface area contributed by atoms with Crippen molar-refractivity contribution in [3.05, 3.63) is 30.3 Å². The number of rotatable bonds is 4. The summed E-state index contributed by atoms with van der Waals surface area (Å²) < 4.78 is 0. The first kappa shape index (κ1) is 14.5. The second kappa shape index (κ2) is 6.53. The maximum atomic E-state index is 12.9. The van der Waals surface area contributed by atoms with Gasteiger partial charge in [0.25, 0.3) is 0 Å². The van der Waals surface area contributed by atoms with Crippen molar-refractivity contribution in [3.8, 4) is 6.07 Å². The summed E-state index contributed by atoms with van der Waals surface area (Å²) in [6, 6.07) is 11.8. The van der Waals surface area contributed by atoms with Crippen LogP contribution in [0.3, 0.4) is 0 Å². The molecule has 1 aromatic carbocycles. The molecule has 1 fully saturated rings. The van der Waals surface area contributed by atoms with Crippen LogP contribution in [0.2, 0.25) is 0 Å². The van der Waals surface area contributed by atoms with Crippen molar-refractivity contribution in [2.45, 2.75) is 26.2 Å². The van der Waals surface area contributed by atoms with Crippen LogP contribution in [-0.4, -0.2) is 25.5 Å². The first-order valence-corrected chi connectivity index (χ1v) is 7.12. The Morgan fingerprint density at radius 2 is 2.00 bits per heavy atom. The van der Waals surface area contributed by atoms with Crippen molar-refractivity contribution < 1.29 is 4.79 Å². The van der Waals surface area contributed by atoms with Gasteiger partial charge in [-0.3, -0.25) is 4.79 Å². The SMILES string of the molecule is CC1(C(=O)N(CCC#N)c2ccccc2)CCNCC1. The van der Waals surface area contributed by atoms with E-state index < -0.39 is 0 Å². The number of carbonyl (C=O) groups excluding carboxylic acids is 1. The second-order valence-corrected chi connectivity index (χ2v) is 5.51. The van der Waals surface area contributed by atoms with E-state index in [4.69, 9.17) is 5.26 Å². The Kier molecular flexibility index (Phi) is 4.75. The third kappa shape index (κ3) is 3.17. The Hall–Kier alpha value is -1.86. The quantitative estimate of drug-likeness (QED) is 0.914. The zero-order valence-electron chi connectivity index (χ0n) is 11.9. The summed E-state index contributed by atoms with van der Waals surface area (Å²) in [4.78, 5) is 14.7. The van der Waals surface area contributed by atoms with Crippen molar-refractivity contribution in [1.82, 2.24) is 5.32 Å². The van der Waals surface area contributed by atoms with E-state index in [0.717, 1.165) is 31.6 Å². The predicted octanol–water partition coefficient (Wildman–Crippen LogP) is 2.32. The van der Waals surface area contributed by atoms with Crippen LogP contribution in [0.4, 0.5) is 5.69 Å². The summed E-state index contributed by atoms with van der Waals surface area (Å²) in [7, 11) is 0. The molecule has 4 heteroatoms. The summed E-state index contributed by atoms with van der Waals surface area (Å²) in [5.41, 5.74) is 0.559. The van der Waals surface area contributed by atoms with E-state index in [1.165, 1.54) is 0 Å². The maximum absolute atomic E-state index is 12.9. The number of carbonyl (C=O) groups is 1. The third-order valence-corrected chi connectivity index (χ3v) is 3.98. The fraction of sp³-hybridized carbons (Fsp3) is 0.500. The molecule has 2 rings (SSSR count). The molecule has 0 atom stereocenters.